The Bertz CT molecular complexity index is 377. The highest BCUT2D eigenvalue weighted by atomic mass is 16.3. The molecule has 3 rings (SSSR count). The van der Waals surface area contributed by atoms with Gasteiger partial charge in [0.25, 0.3) is 0 Å². The van der Waals surface area contributed by atoms with Crippen molar-refractivity contribution in [3.8, 4) is 0 Å². The maximum atomic E-state index is 10.2. The SMILES string of the molecule is Cc1nccn1CCN1CC(O)(C2CC2)C1. The highest BCUT2D eigenvalue weighted by molar-refractivity contribution is 5.05. The van der Waals surface area contributed by atoms with Crippen molar-refractivity contribution in [2.24, 2.45) is 5.92 Å². The fourth-order valence-electron chi connectivity index (χ4n) is 2.65. The first kappa shape index (κ1) is 10.3. The minimum atomic E-state index is -0.343. The quantitative estimate of drug-likeness (QED) is 0.811. The number of aliphatic hydroxyl groups is 1. The molecule has 0 spiro atoms. The first-order chi connectivity index (χ1) is 7.67. The lowest BCUT2D eigenvalue weighted by Gasteiger charge is -2.47. The molecule has 16 heavy (non-hydrogen) atoms. The topological polar surface area (TPSA) is 41.3 Å². The molecule has 2 fully saturated rings. The summed E-state index contributed by atoms with van der Waals surface area (Å²) >= 11 is 0. The zero-order valence-corrected chi connectivity index (χ0v) is 9.76. The van der Waals surface area contributed by atoms with Crippen LogP contribution in [0.4, 0.5) is 0 Å². The van der Waals surface area contributed by atoms with Gasteiger partial charge in [-0.1, -0.05) is 0 Å². The molecule has 0 radical (unpaired) electrons. The molecular formula is C12H19N3O. The van der Waals surface area contributed by atoms with E-state index in [0.29, 0.717) is 5.92 Å². The van der Waals surface area contributed by atoms with Gasteiger partial charge in [0.2, 0.25) is 0 Å². The van der Waals surface area contributed by atoms with Gasteiger partial charge in [0.15, 0.2) is 0 Å². The standard InChI is InChI=1S/C12H19N3O/c1-10-13-4-5-15(10)7-6-14-8-12(16,9-14)11-2-3-11/h4-5,11,16H,2-3,6-9H2,1H3. The third-order valence-corrected chi connectivity index (χ3v) is 3.91. The molecule has 2 heterocycles. The van der Waals surface area contributed by atoms with Crippen molar-refractivity contribution in [3.05, 3.63) is 18.2 Å². The van der Waals surface area contributed by atoms with Gasteiger partial charge in [-0.05, 0) is 25.7 Å². The van der Waals surface area contributed by atoms with Crippen LogP contribution in [-0.2, 0) is 6.54 Å². The van der Waals surface area contributed by atoms with Gasteiger partial charge in [-0.15, -0.1) is 0 Å². The van der Waals surface area contributed by atoms with Crippen molar-refractivity contribution in [3.63, 3.8) is 0 Å². The second-order valence-corrected chi connectivity index (χ2v) is 5.26. The first-order valence-electron chi connectivity index (χ1n) is 6.10. The molecule has 0 aromatic carbocycles. The molecular weight excluding hydrogens is 202 g/mol. The summed E-state index contributed by atoms with van der Waals surface area (Å²) in [6, 6.07) is 0. The summed E-state index contributed by atoms with van der Waals surface area (Å²) in [5.74, 6) is 1.66. The van der Waals surface area contributed by atoms with E-state index >= 15 is 0 Å². The Balaban J connectivity index is 1.46. The molecule has 2 aliphatic rings. The fourth-order valence-corrected chi connectivity index (χ4v) is 2.65. The average Bonchev–Trinajstić information content (AvgIpc) is 2.97. The van der Waals surface area contributed by atoms with Gasteiger partial charge in [0.05, 0.1) is 5.60 Å². The predicted octanol–water partition coefficient (Wildman–Crippen LogP) is 0.648. The van der Waals surface area contributed by atoms with Crippen LogP contribution in [-0.4, -0.2) is 44.8 Å². The fraction of sp³-hybridized carbons (Fsp3) is 0.750. The number of hydrogen-bond donors (Lipinski definition) is 1. The largest absolute Gasteiger partial charge is 0.387 e. The van der Waals surface area contributed by atoms with Crippen molar-refractivity contribution >= 4 is 0 Å². The Labute approximate surface area is 95.9 Å². The van der Waals surface area contributed by atoms with E-state index in [4.69, 9.17) is 0 Å². The molecule has 1 saturated carbocycles. The van der Waals surface area contributed by atoms with E-state index < -0.39 is 0 Å². The van der Waals surface area contributed by atoms with E-state index in [1.54, 1.807) is 0 Å². The molecule has 0 unspecified atom stereocenters. The van der Waals surface area contributed by atoms with E-state index in [2.05, 4.69) is 14.5 Å². The highest BCUT2D eigenvalue weighted by Gasteiger charge is 2.51. The molecule has 0 amide bonds. The summed E-state index contributed by atoms with van der Waals surface area (Å²) in [4.78, 5) is 6.53. The molecule has 1 aromatic heterocycles. The van der Waals surface area contributed by atoms with Crippen LogP contribution in [0.2, 0.25) is 0 Å². The van der Waals surface area contributed by atoms with Crippen molar-refractivity contribution < 1.29 is 5.11 Å². The zero-order chi connectivity index (χ0) is 11.2. The molecule has 1 saturated heterocycles. The lowest BCUT2D eigenvalue weighted by molar-refractivity contribution is -0.113. The Morgan fingerprint density at radius 2 is 2.19 bits per heavy atom. The van der Waals surface area contributed by atoms with E-state index in [-0.39, 0.29) is 5.60 Å². The van der Waals surface area contributed by atoms with E-state index in [1.165, 1.54) is 12.8 Å². The summed E-state index contributed by atoms with van der Waals surface area (Å²) in [6.45, 7) is 5.76. The first-order valence-corrected chi connectivity index (χ1v) is 6.10. The van der Waals surface area contributed by atoms with Gasteiger partial charge in [-0.2, -0.15) is 0 Å². The summed E-state index contributed by atoms with van der Waals surface area (Å²) in [7, 11) is 0. The second-order valence-electron chi connectivity index (χ2n) is 5.26. The molecule has 4 heteroatoms. The Hall–Kier alpha value is -0.870. The van der Waals surface area contributed by atoms with Crippen LogP contribution < -0.4 is 0 Å². The van der Waals surface area contributed by atoms with Crippen molar-refractivity contribution in [1.29, 1.82) is 0 Å². The lowest BCUT2D eigenvalue weighted by atomic mass is 9.89. The van der Waals surface area contributed by atoms with Crippen molar-refractivity contribution in [2.75, 3.05) is 19.6 Å². The number of rotatable bonds is 4. The normalized spacial score (nSPS) is 24.4. The molecule has 4 nitrogen and oxygen atoms in total. The molecule has 1 aliphatic carbocycles. The van der Waals surface area contributed by atoms with Crippen LogP contribution in [0.25, 0.3) is 0 Å². The van der Waals surface area contributed by atoms with Crippen LogP contribution in [0.5, 0.6) is 0 Å². The Morgan fingerprint density at radius 3 is 2.75 bits per heavy atom. The third kappa shape index (κ3) is 1.76. The Kier molecular flexibility index (Phi) is 2.30. The molecule has 1 aliphatic heterocycles. The summed E-state index contributed by atoms with van der Waals surface area (Å²) in [5.41, 5.74) is -0.343. The number of hydrogen-bond acceptors (Lipinski definition) is 3. The van der Waals surface area contributed by atoms with Crippen molar-refractivity contribution in [1.82, 2.24) is 14.5 Å². The number of β-amino-alcohol motifs (C(OH)–C–C–N with tert-alkyl or cyclic N) is 1. The summed E-state index contributed by atoms with van der Waals surface area (Å²) in [6.07, 6.45) is 6.31. The van der Waals surface area contributed by atoms with Gasteiger partial charge in [0, 0.05) is 38.6 Å². The average molecular weight is 221 g/mol. The van der Waals surface area contributed by atoms with E-state index in [1.807, 2.05) is 19.3 Å². The maximum Gasteiger partial charge on any atom is 0.105 e. The van der Waals surface area contributed by atoms with Gasteiger partial charge >= 0.3 is 0 Å². The van der Waals surface area contributed by atoms with Crippen LogP contribution in [0, 0.1) is 12.8 Å². The van der Waals surface area contributed by atoms with Gasteiger partial charge in [-0.25, -0.2) is 4.98 Å². The van der Waals surface area contributed by atoms with Crippen LogP contribution >= 0.6 is 0 Å². The third-order valence-electron chi connectivity index (χ3n) is 3.91. The minimum Gasteiger partial charge on any atom is -0.387 e. The van der Waals surface area contributed by atoms with Gasteiger partial charge in [0.1, 0.15) is 5.82 Å². The predicted molar refractivity (Wildman–Crippen MR) is 61.1 cm³/mol. The number of aromatic nitrogens is 2. The smallest absolute Gasteiger partial charge is 0.105 e. The number of imidazole rings is 1. The highest BCUT2D eigenvalue weighted by Crippen LogP contribution is 2.44. The molecule has 1 aromatic rings. The number of nitrogens with zero attached hydrogens (tertiary/aromatic N) is 3. The maximum absolute atomic E-state index is 10.2. The van der Waals surface area contributed by atoms with Crippen LogP contribution in [0.15, 0.2) is 12.4 Å². The van der Waals surface area contributed by atoms with Crippen molar-refractivity contribution in [2.45, 2.75) is 31.9 Å². The lowest BCUT2D eigenvalue weighted by Crippen LogP contribution is -2.63. The monoisotopic (exact) mass is 221 g/mol. The van der Waals surface area contributed by atoms with Gasteiger partial charge in [-0.3, -0.25) is 4.90 Å². The van der Waals surface area contributed by atoms with Crippen LogP contribution in [0.3, 0.4) is 0 Å². The molecule has 1 N–H and O–H groups in total. The molecule has 0 bridgehead atoms. The molecule has 88 valence electrons. The zero-order valence-electron chi connectivity index (χ0n) is 9.76. The minimum absolute atomic E-state index is 0.343. The number of aryl methyl sites for hydroxylation is 1. The summed E-state index contributed by atoms with van der Waals surface area (Å²) in [5, 5.41) is 10.2. The Morgan fingerprint density at radius 1 is 1.44 bits per heavy atom. The second kappa shape index (κ2) is 3.57. The van der Waals surface area contributed by atoms with Crippen LogP contribution in [0.1, 0.15) is 18.7 Å². The number of likely N-dealkylation sites (tertiary alicyclic amines) is 1. The van der Waals surface area contributed by atoms with Gasteiger partial charge < -0.3 is 9.67 Å². The van der Waals surface area contributed by atoms with E-state index in [0.717, 1.165) is 32.0 Å². The van der Waals surface area contributed by atoms with E-state index in [9.17, 15) is 5.11 Å². The molecule has 0 atom stereocenters. The summed E-state index contributed by atoms with van der Waals surface area (Å²) < 4.78 is 2.16.